The summed E-state index contributed by atoms with van der Waals surface area (Å²) < 4.78 is 42.4. The van der Waals surface area contributed by atoms with E-state index in [0.29, 0.717) is 28.6 Å². The van der Waals surface area contributed by atoms with Gasteiger partial charge >= 0.3 is 0 Å². The number of amides is 1. The summed E-state index contributed by atoms with van der Waals surface area (Å²) in [5, 5.41) is 14.8. The highest BCUT2D eigenvalue weighted by Crippen LogP contribution is 2.40. The van der Waals surface area contributed by atoms with Gasteiger partial charge in [-0.1, -0.05) is 17.7 Å². The summed E-state index contributed by atoms with van der Waals surface area (Å²) >= 11 is 6.15. The van der Waals surface area contributed by atoms with E-state index in [9.17, 15) is 22.9 Å². The number of anilines is 1. The first-order valence-electron chi connectivity index (χ1n) is 9.76. The lowest BCUT2D eigenvalue weighted by molar-refractivity contribution is -0.117. The fourth-order valence-electron chi connectivity index (χ4n) is 3.71. The van der Waals surface area contributed by atoms with Crippen LogP contribution < -0.4 is 14.8 Å². The third-order valence-corrected chi connectivity index (χ3v) is 6.46. The Bertz CT molecular complexity index is 1390. The molecule has 7 nitrogen and oxygen atoms in total. The zero-order valence-electron chi connectivity index (χ0n) is 17.0. The molecule has 10 heteroatoms. The van der Waals surface area contributed by atoms with E-state index in [-0.39, 0.29) is 34.5 Å². The molecule has 1 aliphatic rings. The van der Waals surface area contributed by atoms with E-state index >= 15 is 0 Å². The number of carbonyl (C=O) groups excluding carboxylic acids is 1. The second kappa shape index (κ2) is 8.83. The zero-order chi connectivity index (χ0) is 23.8. The van der Waals surface area contributed by atoms with E-state index in [1.165, 1.54) is 36.4 Å². The first-order chi connectivity index (χ1) is 15.7. The molecule has 1 amide bonds. The molecule has 33 heavy (non-hydrogen) atoms. The van der Waals surface area contributed by atoms with Gasteiger partial charge in [-0.2, -0.15) is 5.26 Å². The molecular weight excluding hydrogens is 469 g/mol. The van der Waals surface area contributed by atoms with E-state index in [4.69, 9.17) is 21.5 Å². The van der Waals surface area contributed by atoms with Gasteiger partial charge in [-0.15, -0.1) is 0 Å². The number of ether oxygens (including phenoxy) is 1. The first kappa shape index (κ1) is 22.7. The van der Waals surface area contributed by atoms with Crippen molar-refractivity contribution in [2.75, 3.05) is 11.4 Å². The second-order valence-corrected chi connectivity index (χ2v) is 9.48. The normalized spacial score (nSPS) is 16.0. The molecule has 1 saturated heterocycles. The highest BCUT2D eigenvalue weighted by atomic mass is 35.5. The monoisotopic (exact) mass is 485 g/mol. The minimum atomic E-state index is -3.84. The van der Waals surface area contributed by atoms with Crippen LogP contribution in [-0.4, -0.2) is 20.9 Å². The topological polar surface area (TPSA) is 113 Å². The van der Waals surface area contributed by atoms with Crippen molar-refractivity contribution in [3.63, 3.8) is 0 Å². The molecule has 0 saturated carbocycles. The number of nitrogens with zero attached hydrogens (tertiary/aromatic N) is 2. The Morgan fingerprint density at radius 1 is 1.09 bits per heavy atom. The lowest BCUT2D eigenvalue weighted by Crippen LogP contribution is -2.24. The lowest BCUT2D eigenvalue weighted by Gasteiger charge is -2.19. The minimum absolute atomic E-state index is 0.0278. The number of carbonyl (C=O) groups is 1. The van der Waals surface area contributed by atoms with E-state index in [2.05, 4.69) is 0 Å². The molecule has 1 aliphatic heterocycles. The van der Waals surface area contributed by atoms with Crippen molar-refractivity contribution < 1.29 is 22.3 Å². The highest BCUT2D eigenvalue weighted by molar-refractivity contribution is 7.89. The Labute approximate surface area is 194 Å². The standard InChI is InChI=1S/C23H17ClFN3O4S/c24-16-1-7-20(22(11-16)32-21-8-2-17(25)9-14(21)12-26)15-10-23(29)28(13-15)18-3-5-19(6-4-18)33(27,30)31/h1-9,11,15H,10,13H2,(H2,27,30,31). The third kappa shape index (κ3) is 4.83. The fraction of sp³-hybridized carbons (Fsp3) is 0.130. The van der Waals surface area contributed by atoms with Crippen molar-refractivity contribution in [2.24, 2.45) is 5.14 Å². The number of primary sulfonamides is 1. The fourth-order valence-corrected chi connectivity index (χ4v) is 4.39. The molecule has 3 aromatic carbocycles. The number of nitrogens with two attached hydrogens (primary N) is 1. The van der Waals surface area contributed by atoms with Crippen molar-refractivity contribution in [1.29, 1.82) is 5.26 Å². The largest absolute Gasteiger partial charge is 0.456 e. The van der Waals surface area contributed by atoms with Crippen LogP contribution in [0.25, 0.3) is 0 Å². The van der Waals surface area contributed by atoms with Gasteiger partial charge in [0.25, 0.3) is 0 Å². The average molecular weight is 486 g/mol. The molecule has 1 unspecified atom stereocenters. The summed E-state index contributed by atoms with van der Waals surface area (Å²) in [5.41, 5.74) is 1.27. The van der Waals surface area contributed by atoms with Crippen LogP contribution in [0.15, 0.2) is 65.6 Å². The molecule has 168 valence electrons. The van der Waals surface area contributed by atoms with Gasteiger partial charge in [-0.05, 0) is 54.6 Å². The summed E-state index contributed by atoms with van der Waals surface area (Å²) in [6, 6.07) is 16.3. The van der Waals surface area contributed by atoms with Crippen LogP contribution >= 0.6 is 11.6 Å². The third-order valence-electron chi connectivity index (χ3n) is 5.30. The van der Waals surface area contributed by atoms with E-state index < -0.39 is 15.8 Å². The lowest BCUT2D eigenvalue weighted by atomic mass is 9.97. The van der Waals surface area contributed by atoms with E-state index in [0.717, 1.165) is 6.07 Å². The average Bonchev–Trinajstić information content (AvgIpc) is 3.16. The highest BCUT2D eigenvalue weighted by Gasteiger charge is 2.33. The van der Waals surface area contributed by atoms with Crippen LogP contribution in [0.4, 0.5) is 10.1 Å². The predicted octanol–water partition coefficient (Wildman–Crippen LogP) is 4.31. The van der Waals surface area contributed by atoms with E-state index in [1.54, 1.807) is 23.1 Å². The number of hydrogen-bond acceptors (Lipinski definition) is 5. The quantitative estimate of drug-likeness (QED) is 0.578. The molecule has 1 fully saturated rings. The maximum absolute atomic E-state index is 13.5. The smallest absolute Gasteiger partial charge is 0.238 e. The zero-order valence-corrected chi connectivity index (χ0v) is 18.6. The Hall–Kier alpha value is -3.45. The first-order valence-corrected chi connectivity index (χ1v) is 11.7. The summed E-state index contributed by atoms with van der Waals surface area (Å²) in [6.07, 6.45) is 0.184. The summed E-state index contributed by atoms with van der Waals surface area (Å²) in [6.45, 7) is 0.320. The second-order valence-electron chi connectivity index (χ2n) is 7.48. The van der Waals surface area contributed by atoms with Crippen molar-refractivity contribution in [1.82, 2.24) is 0 Å². The summed E-state index contributed by atoms with van der Waals surface area (Å²) in [7, 11) is -3.84. The van der Waals surface area contributed by atoms with Crippen LogP contribution in [-0.2, 0) is 14.8 Å². The predicted molar refractivity (Wildman–Crippen MR) is 120 cm³/mol. The molecule has 3 aromatic rings. The maximum Gasteiger partial charge on any atom is 0.238 e. The molecule has 0 aliphatic carbocycles. The number of halogens is 2. The van der Waals surface area contributed by atoms with Gasteiger partial charge in [0.05, 0.1) is 10.5 Å². The number of hydrogen-bond donors (Lipinski definition) is 1. The van der Waals surface area contributed by atoms with Crippen molar-refractivity contribution in [3.05, 3.63) is 82.6 Å². The number of rotatable bonds is 5. The van der Waals surface area contributed by atoms with Gasteiger partial charge in [0, 0.05) is 35.2 Å². The number of nitriles is 1. The van der Waals surface area contributed by atoms with Crippen molar-refractivity contribution in [3.8, 4) is 17.6 Å². The van der Waals surface area contributed by atoms with Crippen molar-refractivity contribution >= 4 is 33.2 Å². The maximum atomic E-state index is 13.5. The molecule has 0 bridgehead atoms. The van der Waals surface area contributed by atoms with Gasteiger partial charge in [-0.25, -0.2) is 17.9 Å². The molecule has 2 N–H and O–H groups in total. The molecule has 0 radical (unpaired) electrons. The molecule has 4 rings (SSSR count). The Morgan fingerprint density at radius 2 is 1.82 bits per heavy atom. The molecule has 1 heterocycles. The Kier molecular flexibility index (Phi) is 6.08. The minimum Gasteiger partial charge on any atom is -0.456 e. The molecular formula is C23H17ClFN3O4S. The van der Waals surface area contributed by atoms with Crippen LogP contribution in [0.2, 0.25) is 5.02 Å². The molecule has 1 atom stereocenters. The van der Waals surface area contributed by atoms with Crippen molar-refractivity contribution in [2.45, 2.75) is 17.2 Å². The molecule has 0 spiro atoms. The van der Waals surface area contributed by atoms with Gasteiger partial charge in [0.15, 0.2) is 0 Å². The van der Waals surface area contributed by atoms with Crippen LogP contribution in [0.5, 0.6) is 11.5 Å². The van der Waals surface area contributed by atoms with Gasteiger partial charge < -0.3 is 9.64 Å². The Morgan fingerprint density at radius 3 is 2.48 bits per heavy atom. The van der Waals surface area contributed by atoms with Gasteiger partial charge in [0.1, 0.15) is 23.4 Å². The summed E-state index contributed by atoms with van der Waals surface area (Å²) in [5.74, 6) is -0.440. The number of benzene rings is 3. The number of sulfonamides is 1. The molecule has 0 aromatic heterocycles. The SMILES string of the molecule is N#Cc1cc(F)ccc1Oc1cc(Cl)ccc1C1CC(=O)N(c2ccc(S(N)(=O)=O)cc2)C1. The van der Waals surface area contributed by atoms with Gasteiger partial charge in [0.2, 0.25) is 15.9 Å². The van der Waals surface area contributed by atoms with E-state index in [1.807, 2.05) is 6.07 Å². The Balaban J connectivity index is 1.63. The van der Waals surface area contributed by atoms with Crippen LogP contribution in [0.1, 0.15) is 23.5 Å². The summed E-state index contributed by atoms with van der Waals surface area (Å²) in [4.78, 5) is 14.3. The van der Waals surface area contributed by atoms with Crippen LogP contribution in [0, 0.1) is 17.1 Å². The van der Waals surface area contributed by atoms with Gasteiger partial charge in [-0.3, -0.25) is 4.79 Å². The van der Waals surface area contributed by atoms with Crippen LogP contribution in [0.3, 0.4) is 0 Å².